The number of likely N-dealkylation sites (N-methyl/N-ethyl adjacent to an activating group) is 1. The van der Waals surface area contributed by atoms with Crippen LogP contribution in [0.25, 0.3) is 0 Å². The van der Waals surface area contributed by atoms with E-state index in [1.807, 2.05) is 11.3 Å². The van der Waals surface area contributed by atoms with Crippen LogP contribution in [0.1, 0.15) is 39.8 Å². The lowest BCUT2D eigenvalue weighted by Gasteiger charge is -2.36. The fourth-order valence-corrected chi connectivity index (χ4v) is 4.02. The van der Waals surface area contributed by atoms with E-state index in [9.17, 15) is 0 Å². The van der Waals surface area contributed by atoms with Crippen LogP contribution in [-0.2, 0) is 12.8 Å². The molecule has 0 bridgehead atoms. The van der Waals surface area contributed by atoms with Crippen LogP contribution in [0, 0.1) is 0 Å². The summed E-state index contributed by atoms with van der Waals surface area (Å²) >= 11 is 1.96. The number of thiophene rings is 1. The lowest BCUT2D eigenvalue weighted by Crippen LogP contribution is -2.30. The maximum absolute atomic E-state index is 3.51. The Hall–Kier alpha value is -1.12. The quantitative estimate of drug-likeness (QED) is 0.875. The van der Waals surface area contributed by atoms with Gasteiger partial charge in [0.2, 0.25) is 0 Å². The Bertz CT molecular complexity index is 544. The van der Waals surface area contributed by atoms with E-state index in [1.54, 1.807) is 0 Å². The van der Waals surface area contributed by atoms with Crippen LogP contribution in [0.15, 0.2) is 36.4 Å². The molecule has 1 aromatic heterocycles. The number of rotatable bonds is 4. The van der Waals surface area contributed by atoms with E-state index < -0.39 is 0 Å². The minimum Gasteiger partial charge on any atom is -0.312 e. The van der Waals surface area contributed by atoms with Gasteiger partial charge in [-0.15, -0.1) is 11.3 Å². The molecule has 0 amide bonds. The second-order valence-electron chi connectivity index (χ2n) is 4.93. The molecule has 0 aliphatic heterocycles. The second-order valence-corrected chi connectivity index (χ2v) is 6.13. The van der Waals surface area contributed by atoms with Gasteiger partial charge in [-0.05, 0) is 43.1 Å². The van der Waals surface area contributed by atoms with Gasteiger partial charge < -0.3 is 5.32 Å². The minimum atomic E-state index is 0.477. The highest BCUT2D eigenvalue weighted by Gasteiger charge is 2.33. The summed E-state index contributed by atoms with van der Waals surface area (Å²) in [6.45, 7) is 2.22. The standard InChI is InChI=1S/C16H19NS/c1-3-12-8-9-15(18-12)16(17-2)14-10-11-6-4-5-7-13(11)14/h4-9,14,16-17H,3,10H2,1-2H3. The molecule has 1 nitrogen and oxygen atoms in total. The van der Waals surface area contributed by atoms with Gasteiger partial charge in [-0.3, -0.25) is 0 Å². The summed E-state index contributed by atoms with van der Waals surface area (Å²) in [7, 11) is 2.08. The number of hydrogen-bond donors (Lipinski definition) is 1. The zero-order valence-electron chi connectivity index (χ0n) is 10.9. The third-order valence-electron chi connectivity index (χ3n) is 3.95. The van der Waals surface area contributed by atoms with E-state index in [0.717, 1.165) is 6.42 Å². The lowest BCUT2D eigenvalue weighted by atomic mass is 9.73. The Morgan fingerprint density at radius 2 is 2.11 bits per heavy atom. The molecular weight excluding hydrogens is 238 g/mol. The topological polar surface area (TPSA) is 12.0 Å². The summed E-state index contributed by atoms with van der Waals surface area (Å²) in [6, 6.07) is 13.9. The molecule has 1 aliphatic carbocycles. The first kappa shape index (κ1) is 11.9. The Morgan fingerprint density at radius 3 is 2.78 bits per heavy atom. The highest BCUT2D eigenvalue weighted by molar-refractivity contribution is 7.12. The lowest BCUT2D eigenvalue weighted by molar-refractivity contribution is 0.445. The van der Waals surface area contributed by atoms with Crippen molar-refractivity contribution in [2.75, 3.05) is 7.05 Å². The zero-order chi connectivity index (χ0) is 12.5. The first-order chi connectivity index (χ1) is 8.83. The largest absolute Gasteiger partial charge is 0.312 e. The average Bonchev–Trinajstić information content (AvgIpc) is 2.84. The molecular formula is C16H19NS. The molecule has 2 atom stereocenters. The molecule has 0 radical (unpaired) electrons. The summed E-state index contributed by atoms with van der Waals surface area (Å²) in [5, 5.41) is 3.51. The summed E-state index contributed by atoms with van der Waals surface area (Å²) in [5.41, 5.74) is 3.05. The summed E-state index contributed by atoms with van der Waals surface area (Å²) < 4.78 is 0. The third kappa shape index (κ3) is 1.90. The van der Waals surface area contributed by atoms with Crippen molar-refractivity contribution < 1.29 is 0 Å². The van der Waals surface area contributed by atoms with Crippen LogP contribution in [0.5, 0.6) is 0 Å². The van der Waals surface area contributed by atoms with Gasteiger partial charge >= 0.3 is 0 Å². The van der Waals surface area contributed by atoms with Crippen LogP contribution in [0.2, 0.25) is 0 Å². The fourth-order valence-electron chi connectivity index (χ4n) is 2.89. The molecule has 0 saturated heterocycles. The van der Waals surface area contributed by atoms with Crippen molar-refractivity contribution in [1.29, 1.82) is 0 Å². The van der Waals surface area contributed by atoms with Gasteiger partial charge in [0, 0.05) is 21.7 Å². The molecule has 2 aromatic rings. The van der Waals surface area contributed by atoms with E-state index in [-0.39, 0.29) is 0 Å². The highest BCUT2D eigenvalue weighted by Crippen LogP contribution is 2.44. The first-order valence-corrected chi connectivity index (χ1v) is 7.48. The molecule has 0 spiro atoms. The number of nitrogens with one attached hydrogen (secondary N) is 1. The normalized spacial score (nSPS) is 19.1. The Kier molecular flexibility index (Phi) is 3.23. The molecule has 2 unspecified atom stereocenters. The van der Waals surface area contributed by atoms with Crippen LogP contribution in [-0.4, -0.2) is 7.05 Å². The fraction of sp³-hybridized carbons (Fsp3) is 0.375. The molecule has 1 aliphatic rings. The number of hydrogen-bond acceptors (Lipinski definition) is 2. The Morgan fingerprint density at radius 1 is 1.28 bits per heavy atom. The van der Waals surface area contributed by atoms with Crippen molar-refractivity contribution in [3.8, 4) is 0 Å². The molecule has 1 heterocycles. The maximum atomic E-state index is 3.51. The predicted molar refractivity (Wildman–Crippen MR) is 78.4 cm³/mol. The zero-order valence-corrected chi connectivity index (χ0v) is 11.8. The summed E-state index contributed by atoms with van der Waals surface area (Å²) in [5.74, 6) is 0.648. The van der Waals surface area contributed by atoms with Crippen LogP contribution in [0.4, 0.5) is 0 Å². The molecule has 1 aromatic carbocycles. The van der Waals surface area contributed by atoms with E-state index in [2.05, 4.69) is 55.7 Å². The van der Waals surface area contributed by atoms with Crippen LogP contribution in [0.3, 0.4) is 0 Å². The predicted octanol–water partition coefficient (Wildman–Crippen LogP) is 3.91. The van der Waals surface area contributed by atoms with Gasteiger partial charge in [0.15, 0.2) is 0 Å². The minimum absolute atomic E-state index is 0.477. The molecule has 1 N–H and O–H groups in total. The van der Waals surface area contributed by atoms with Crippen LogP contribution >= 0.6 is 11.3 Å². The van der Waals surface area contributed by atoms with Crippen molar-refractivity contribution in [2.24, 2.45) is 0 Å². The van der Waals surface area contributed by atoms with Crippen molar-refractivity contribution in [2.45, 2.75) is 31.7 Å². The molecule has 0 fully saturated rings. The van der Waals surface area contributed by atoms with Crippen molar-refractivity contribution >= 4 is 11.3 Å². The SMILES string of the molecule is CCc1ccc(C(NC)C2Cc3ccccc32)s1. The van der Waals surface area contributed by atoms with Gasteiger partial charge in [0.1, 0.15) is 0 Å². The number of aryl methyl sites for hydroxylation is 1. The Labute approximate surface area is 113 Å². The number of benzene rings is 1. The average molecular weight is 257 g/mol. The summed E-state index contributed by atoms with van der Waals surface area (Å²) in [6.07, 6.45) is 2.35. The van der Waals surface area contributed by atoms with E-state index in [4.69, 9.17) is 0 Å². The Balaban J connectivity index is 1.87. The van der Waals surface area contributed by atoms with Crippen LogP contribution < -0.4 is 5.32 Å². The number of fused-ring (bicyclic) bond motifs is 1. The van der Waals surface area contributed by atoms with Crippen molar-refractivity contribution in [3.63, 3.8) is 0 Å². The summed E-state index contributed by atoms with van der Waals surface area (Å²) in [4.78, 5) is 2.96. The van der Waals surface area contributed by atoms with Crippen molar-refractivity contribution in [1.82, 2.24) is 5.32 Å². The maximum Gasteiger partial charge on any atom is 0.0485 e. The first-order valence-electron chi connectivity index (χ1n) is 6.67. The van der Waals surface area contributed by atoms with Crippen molar-refractivity contribution in [3.05, 3.63) is 57.3 Å². The molecule has 18 heavy (non-hydrogen) atoms. The molecule has 3 rings (SSSR count). The molecule has 94 valence electrons. The van der Waals surface area contributed by atoms with Gasteiger partial charge in [-0.25, -0.2) is 0 Å². The van der Waals surface area contributed by atoms with Gasteiger partial charge in [0.05, 0.1) is 0 Å². The molecule has 0 saturated carbocycles. The molecule has 2 heteroatoms. The van der Waals surface area contributed by atoms with Gasteiger partial charge in [-0.1, -0.05) is 31.2 Å². The highest BCUT2D eigenvalue weighted by atomic mass is 32.1. The van der Waals surface area contributed by atoms with Gasteiger partial charge in [0.25, 0.3) is 0 Å². The van der Waals surface area contributed by atoms with E-state index in [1.165, 1.54) is 27.3 Å². The smallest absolute Gasteiger partial charge is 0.0485 e. The van der Waals surface area contributed by atoms with E-state index >= 15 is 0 Å². The monoisotopic (exact) mass is 257 g/mol. The van der Waals surface area contributed by atoms with E-state index in [0.29, 0.717) is 12.0 Å². The van der Waals surface area contributed by atoms with Gasteiger partial charge in [-0.2, -0.15) is 0 Å². The third-order valence-corrected chi connectivity index (χ3v) is 5.26. The second kappa shape index (κ2) is 4.87.